The highest BCUT2D eigenvalue weighted by atomic mass is 16.4. The van der Waals surface area contributed by atoms with E-state index in [0.717, 1.165) is 13.0 Å². The summed E-state index contributed by atoms with van der Waals surface area (Å²) in [6.07, 6.45) is 15.7. The maximum atomic E-state index is 11.0. The topological polar surface area (TPSA) is 46.1 Å². The first kappa shape index (κ1) is 21.2. The molecular weight excluding hydrogens is 336 g/mol. The molecule has 0 amide bonds. The molecule has 0 aliphatic rings. The van der Waals surface area contributed by atoms with Crippen molar-refractivity contribution >= 4 is 5.97 Å². The summed E-state index contributed by atoms with van der Waals surface area (Å²) >= 11 is 0. The van der Waals surface area contributed by atoms with Crippen molar-refractivity contribution < 1.29 is 14.5 Å². The lowest BCUT2D eigenvalue weighted by molar-refractivity contribution is -0.695. The molecule has 0 fully saturated rings. The average Bonchev–Trinajstić information content (AvgIpc) is 3.04. The molecule has 2 aromatic rings. The number of benzene rings is 1. The van der Waals surface area contributed by atoms with Crippen molar-refractivity contribution in [3.05, 3.63) is 54.1 Å². The molecule has 1 aromatic carbocycles. The fraction of sp³-hybridized carbons (Fsp3) is 0.565. The van der Waals surface area contributed by atoms with Crippen LogP contribution in [0.5, 0.6) is 0 Å². The van der Waals surface area contributed by atoms with Gasteiger partial charge in [0, 0.05) is 6.42 Å². The molecule has 0 aliphatic heterocycles. The lowest BCUT2D eigenvalue weighted by Crippen LogP contribution is -2.38. The third kappa shape index (κ3) is 7.98. The van der Waals surface area contributed by atoms with Crippen molar-refractivity contribution in [3.8, 4) is 0 Å². The molecule has 0 aliphatic carbocycles. The molecule has 0 saturated carbocycles. The minimum absolute atomic E-state index is 0.171. The number of carboxylic acids is 1. The molecule has 0 bridgehead atoms. The number of aromatic nitrogens is 2. The molecular formula is C23H35N2O2+. The Bertz CT molecular complexity index is 664. The summed E-state index contributed by atoms with van der Waals surface area (Å²) in [5.41, 5.74) is 1.27. The van der Waals surface area contributed by atoms with Gasteiger partial charge in [-0.15, -0.1) is 0 Å². The van der Waals surface area contributed by atoms with Crippen LogP contribution in [0.15, 0.2) is 42.7 Å². The van der Waals surface area contributed by atoms with E-state index in [1.54, 1.807) is 0 Å². The van der Waals surface area contributed by atoms with Gasteiger partial charge in [0.15, 0.2) is 0 Å². The zero-order chi connectivity index (χ0) is 19.3. The number of hydrogen-bond acceptors (Lipinski definition) is 1. The van der Waals surface area contributed by atoms with Crippen LogP contribution < -0.4 is 4.57 Å². The summed E-state index contributed by atoms with van der Waals surface area (Å²) in [4.78, 5) is 11.0. The predicted octanol–water partition coefficient (Wildman–Crippen LogP) is 4.98. The summed E-state index contributed by atoms with van der Waals surface area (Å²) in [6.45, 7) is 3.64. The normalized spacial score (nSPS) is 11.0. The van der Waals surface area contributed by atoms with Crippen molar-refractivity contribution in [2.24, 2.45) is 0 Å². The Morgan fingerprint density at radius 2 is 1.67 bits per heavy atom. The van der Waals surface area contributed by atoms with E-state index in [-0.39, 0.29) is 6.42 Å². The number of unbranched alkanes of at least 4 members (excludes halogenated alkanes) is 7. The highest BCUT2D eigenvalue weighted by Crippen LogP contribution is 2.11. The van der Waals surface area contributed by atoms with Gasteiger partial charge in [-0.25, -0.2) is 9.13 Å². The highest BCUT2D eigenvalue weighted by Gasteiger charge is 2.17. The summed E-state index contributed by atoms with van der Waals surface area (Å²) in [7, 11) is 0. The van der Waals surface area contributed by atoms with Gasteiger partial charge >= 0.3 is 5.97 Å². The summed E-state index contributed by atoms with van der Waals surface area (Å²) in [6, 6.07) is 10.4. The van der Waals surface area contributed by atoms with Crippen molar-refractivity contribution in [2.45, 2.75) is 84.2 Å². The summed E-state index contributed by atoms with van der Waals surface area (Å²) < 4.78 is 4.40. The minimum atomic E-state index is -0.740. The second-order valence-electron chi connectivity index (χ2n) is 7.39. The molecule has 0 radical (unpaired) electrons. The first-order chi connectivity index (χ1) is 13.2. The molecule has 1 aromatic heterocycles. The molecule has 148 valence electrons. The number of imidazole rings is 1. The highest BCUT2D eigenvalue weighted by molar-refractivity contribution is 5.66. The van der Waals surface area contributed by atoms with E-state index < -0.39 is 5.97 Å². The van der Waals surface area contributed by atoms with Gasteiger partial charge in [0.2, 0.25) is 0 Å². The van der Waals surface area contributed by atoms with Crippen LogP contribution in [0, 0.1) is 0 Å². The van der Waals surface area contributed by atoms with Crippen LogP contribution in [0.25, 0.3) is 0 Å². The van der Waals surface area contributed by atoms with Gasteiger partial charge in [0.05, 0.1) is 6.42 Å². The monoisotopic (exact) mass is 371 g/mol. The molecule has 1 heterocycles. The Kier molecular flexibility index (Phi) is 9.67. The van der Waals surface area contributed by atoms with E-state index in [2.05, 4.69) is 46.5 Å². The summed E-state index contributed by atoms with van der Waals surface area (Å²) in [5, 5.41) is 9.02. The van der Waals surface area contributed by atoms with Gasteiger partial charge in [-0.1, -0.05) is 82.2 Å². The number of rotatable bonds is 14. The Labute approximate surface area is 163 Å². The van der Waals surface area contributed by atoms with Gasteiger partial charge in [0.25, 0.3) is 5.82 Å². The molecule has 0 spiro atoms. The third-order valence-corrected chi connectivity index (χ3v) is 5.11. The minimum Gasteiger partial charge on any atom is -0.481 e. The number of carboxylic acid groups (broad SMARTS) is 1. The van der Waals surface area contributed by atoms with Crippen LogP contribution in [0.4, 0.5) is 0 Å². The Balaban J connectivity index is 1.89. The number of nitrogens with zero attached hydrogens (tertiary/aromatic N) is 2. The van der Waals surface area contributed by atoms with Crippen LogP contribution in [-0.4, -0.2) is 15.6 Å². The lowest BCUT2D eigenvalue weighted by Gasteiger charge is -2.06. The van der Waals surface area contributed by atoms with Gasteiger partial charge in [-0.3, -0.25) is 4.79 Å². The van der Waals surface area contributed by atoms with Crippen molar-refractivity contribution in [1.82, 2.24) is 4.57 Å². The van der Waals surface area contributed by atoms with Crippen LogP contribution in [-0.2, 0) is 24.3 Å². The largest absolute Gasteiger partial charge is 0.481 e. The fourth-order valence-electron chi connectivity index (χ4n) is 3.55. The molecule has 4 nitrogen and oxygen atoms in total. The standard InChI is InChI=1S/C23H34N2O2/c1-2-3-4-5-6-7-8-12-15-22-24(17-16-23(26)27)18-19-25(22)20-21-13-10-9-11-14-21/h9-11,13-14,18-19H,2-8,12,15-17,20H2,1H3/p+1. The molecule has 0 atom stereocenters. The van der Waals surface area contributed by atoms with E-state index in [1.807, 2.05) is 12.3 Å². The number of carbonyl (C=O) groups is 1. The zero-order valence-electron chi connectivity index (χ0n) is 16.8. The van der Waals surface area contributed by atoms with Gasteiger partial charge < -0.3 is 5.11 Å². The van der Waals surface area contributed by atoms with E-state index >= 15 is 0 Å². The second kappa shape index (κ2) is 12.3. The summed E-state index contributed by atoms with van der Waals surface area (Å²) in [5.74, 6) is 0.502. The Morgan fingerprint density at radius 3 is 2.33 bits per heavy atom. The predicted molar refractivity (Wildman–Crippen MR) is 109 cm³/mol. The van der Waals surface area contributed by atoms with E-state index in [9.17, 15) is 4.79 Å². The maximum Gasteiger partial charge on any atom is 0.307 e. The number of aliphatic carboxylic acids is 1. The maximum absolute atomic E-state index is 11.0. The number of aryl methyl sites for hydroxylation is 1. The third-order valence-electron chi connectivity index (χ3n) is 5.11. The molecule has 0 unspecified atom stereocenters. The van der Waals surface area contributed by atoms with Gasteiger partial charge in [-0.2, -0.15) is 0 Å². The second-order valence-corrected chi connectivity index (χ2v) is 7.39. The van der Waals surface area contributed by atoms with Crippen molar-refractivity contribution in [2.75, 3.05) is 0 Å². The first-order valence-corrected chi connectivity index (χ1v) is 10.5. The SMILES string of the molecule is CCCCCCCCCCc1n(CCC(=O)O)cc[n+]1Cc1ccccc1. The van der Waals surface area contributed by atoms with Gasteiger partial charge in [0.1, 0.15) is 25.5 Å². The van der Waals surface area contributed by atoms with Gasteiger partial charge in [-0.05, 0) is 12.0 Å². The van der Waals surface area contributed by atoms with E-state index in [0.29, 0.717) is 6.54 Å². The molecule has 4 heteroatoms. The van der Waals surface area contributed by atoms with E-state index in [1.165, 1.54) is 62.8 Å². The number of hydrogen-bond donors (Lipinski definition) is 1. The quantitative estimate of drug-likeness (QED) is 0.376. The zero-order valence-corrected chi connectivity index (χ0v) is 16.8. The lowest BCUT2D eigenvalue weighted by atomic mass is 10.1. The smallest absolute Gasteiger partial charge is 0.307 e. The molecule has 2 rings (SSSR count). The van der Waals surface area contributed by atoms with Crippen LogP contribution in [0.2, 0.25) is 0 Å². The molecule has 0 saturated heterocycles. The Morgan fingerprint density at radius 1 is 1.00 bits per heavy atom. The van der Waals surface area contributed by atoms with Crippen LogP contribution in [0.1, 0.15) is 76.1 Å². The first-order valence-electron chi connectivity index (χ1n) is 10.5. The van der Waals surface area contributed by atoms with Crippen LogP contribution >= 0.6 is 0 Å². The van der Waals surface area contributed by atoms with Crippen molar-refractivity contribution in [1.29, 1.82) is 0 Å². The van der Waals surface area contributed by atoms with Crippen LogP contribution in [0.3, 0.4) is 0 Å². The fourth-order valence-corrected chi connectivity index (χ4v) is 3.55. The average molecular weight is 372 g/mol. The Hall–Kier alpha value is -2.10. The molecule has 27 heavy (non-hydrogen) atoms. The van der Waals surface area contributed by atoms with Crippen molar-refractivity contribution in [3.63, 3.8) is 0 Å². The van der Waals surface area contributed by atoms with E-state index in [4.69, 9.17) is 5.11 Å². The molecule has 1 N–H and O–H groups in total.